The van der Waals surface area contributed by atoms with E-state index in [0.717, 1.165) is 23.4 Å². The predicted molar refractivity (Wildman–Crippen MR) is 121 cm³/mol. The SMILES string of the molecule is C=CCn1c(SCC(=O)N[C@@H](CC(C)C)c2ccccc2)nnc1-c1ccncc1. The van der Waals surface area contributed by atoms with Crippen LogP contribution in [0, 0.1) is 5.92 Å². The van der Waals surface area contributed by atoms with Crippen LogP contribution in [-0.2, 0) is 11.3 Å². The predicted octanol–water partition coefficient (Wildman–Crippen LogP) is 4.52. The molecule has 0 radical (unpaired) electrons. The Labute approximate surface area is 181 Å². The Bertz CT molecular complexity index is 956. The molecule has 2 heterocycles. The molecule has 156 valence electrons. The first-order valence-electron chi connectivity index (χ1n) is 10.00. The Kier molecular flexibility index (Phi) is 7.79. The van der Waals surface area contributed by atoms with Gasteiger partial charge < -0.3 is 5.32 Å². The molecule has 1 N–H and O–H groups in total. The topological polar surface area (TPSA) is 72.7 Å². The minimum absolute atomic E-state index is 0.00211. The van der Waals surface area contributed by atoms with Crippen molar-refractivity contribution in [2.75, 3.05) is 5.75 Å². The van der Waals surface area contributed by atoms with Crippen molar-refractivity contribution in [2.24, 2.45) is 5.92 Å². The van der Waals surface area contributed by atoms with E-state index in [1.807, 2.05) is 34.9 Å². The summed E-state index contributed by atoms with van der Waals surface area (Å²) in [6, 6.07) is 13.9. The first kappa shape index (κ1) is 21.8. The van der Waals surface area contributed by atoms with Gasteiger partial charge in [-0.3, -0.25) is 14.3 Å². The molecule has 6 nitrogen and oxygen atoms in total. The van der Waals surface area contributed by atoms with Gasteiger partial charge in [0.2, 0.25) is 5.91 Å². The van der Waals surface area contributed by atoms with E-state index in [2.05, 4.69) is 53.1 Å². The highest BCUT2D eigenvalue weighted by Gasteiger charge is 2.18. The third-order valence-corrected chi connectivity index (χ3v) is 5.51. The number of nitrogens with one attached hydrogen (secondary N) is 1. The molecule has 0 spiro atoms. The molecular weight excluding hydrogens is 394 g/mol. The summed E-state index contributed by atoms with van der Waals surface area (Å²) in [5.41, 5.74) is 2.05. The molecular formula is C23H27N5OS. The average molecular weight is 422 g/mol. The lowest BCUT2D eigenvalue weighted by atomic mass is 9.97. The molecule has 2 aromatic heterocycles. The number of allylic oxidation sites excluding steroid dienone is 1. The number of carbonyl (C=O) groups is 1. The van der Waals surface area contributed by atoms with E-state index in [1.165, 1.54) is 11.8 Å². The van der Waals surface area contributed by atoms with Crippen molar-refractivity contribution in [3.05, 3.63) is 73.1 Å². The molecule has 0 aliphatic rings. The molecule has 7 heteroatoms. The quantitative estimate of drug-likeness (QED) is 0.385. The van der Waals surface area contributed by atoms with Crippen molar-refractivity contribution >= 4 is 17.7 Å². The van der Waals surface area contributed by atoms with Gasteiger partial charge in [-0.15, -0.1) is 16.8 Å². The Balaban J connectivity index is 1.69. The minimum Gasteiger partial charge on any atom is -0.349 e. The van der Waals surface area contributed by atoms with Crippen LogP contribution in [0.3, 0.4) is 0 Å². The van der Waals surface area contributed by atoms with Gasteiger partial charge in [0.1, 0.15) is 0 Å². The highest BCUT2D eigenvalue weighted by molar-refractivity contribution is 7.99. The van der Waals surface area contributed by atoms with Crippen LogP contribution in [0.25, 0.3) is 11.4 Å². The fourth-order valence-electron chi connectivity index (χ4n) is 3.20. The van der Waals surface area contributed by atoms with E-state index in [4.69, 9.17) is 0 Å². The van der Waals surface area contributed by atoms with Gasteiger partial charge in [-0.25, -0.2) is 0 Å². The number of amides is 1. The molecule has 0 aliphatic carbocycles. The van der Waals surface area contributed by atoms with Crippen LogP contribution in [0.15, 0.2) is 72.7 Å². The van der Waals surface area contributed by atoms with E-state index in [-0.39, 0.29) is 17.7 Å². The second-order valence-electron chi connectivity index (χ2n) is 7.39. The number of aromatic nitrogens is 4. The summed E-state index contributed by atoms with van der Waals surface area (Å²) in [4.78, 5) is 16.8. The Morgan fingerprint density at radius 3 is 2.57 bits per heavy atom. The van der Waals surface area contributed by atoms with Crippen LogP contribution in [0.5, 0.6) is 0 Å². The van der Waals surface area contributed by atoms with Crippen LogP contribution in [0.2, 0.25) is 0 Å². The van der Waals surface area contributed by atoms with Crippen LogP contribution in [0.1, 0.15) is 31.9 Å². The normalized spacial score (nSPS) is 12.0. The summed E-state index contributed by atoms with van der Waals surface area (Å²) >= 11 is 1.38. The molecule has 0 saturated heterocycles. The number of carbonyl (C=O) groups excluding carboxylic acids is 1. The molecule has 3 aromatic rings. The highest BCUT2D eigenvalue weighted by Crippen LogP contribution is 2.25. The standard InChI is InChI=1S/C23H27N5OS/c1-4-14-28-22(19-10-12-24-13-11-19)26-27-23(28)30-16-21(29)25-20(15-17(2)3)18-8-6-5-7-9-18/h4-13,17,20H,1,14-16H2,2-3H3,(H,25,29)/t20-/m0/s1. The first-order valence-corrected chi connectivity index (χ1v) is 11.0. The maximum Gasteiger partial charge on any atom is 0.230 e. The summed E-state index contributed by atoms with van der Waals surface area (Å²) < 4.78 is 1.96. The number of hydrogen-bond donors (Lipinski definition) is 1. The number of pyridine rings is 1. The smallest absolute Gasteiger partial charge is 0.230 e. The van der Waals surface area contributed by atoms with Crippen LogP contribution in [-0.4, -0.2) is 31.4 Å². The number of nitrogens with zero attached hydrogens (tertiary/aromatic N) is 4. The number of hydrogen-bond acceptors (Lipinski definition) is 5. The van der Waals surface area contributed by atoms with E-state index in [0.29, 0.717) is 17.6 Å². The maximum absolute atomic E-state index is 12.7. The second kappa shape index (κ2) is 10.7. The van der Waals surface area contributed by atoms with Gasteiger partial charge in [0, 0.05) is 24.5 Å². The molecule has 3 rings (SSSR count). The molecule has 1 amide bonds. The van der Waals surface area contributed by atoms with Gasteiger partial charge in [-0.2, -0.15) is 0 Å². The fraction of sp³-hybridized carbons (Fsp3) is 0.304. The van der Waals surface area contributed by atoms with Gasteiger partial charge in [0.15, 0.2) is 11.0 Å². The maximum atomic E-state index is 12.7. The molecule has 1 aromatic carbocycles. The number of thioether (sulfide) groups is 1. The first-order chi connectivity index (χ1) is 14.6. The summed E-state index contributed by atoms with van der Waals surface area (Å²) in [6.07, 6.45) is 6.13. The van der Waals surface area contributed by atoms with Gasteiger partial charge in [-0.05, 0) is 30.0 Å². The van der Waals surface area contributed by atoms with Crippen LogP contribution in [0.4, 0.5) is 0 Å². The summed E-state index contributed by atoms with van der Waals surface area (Å²) in [5, 5.41) is 12.5. The number of rotatable bonds is 10. The second-order valence-corrected chi connectivity index (χ2v) is 8.33. The molecule has 0 aliphatic heterocycles. The zero-order valence-corrected chi connectivity index (χ0v) is 18.2. The van der Waals surface area contributed by atoms with Crippen LogP contribution < -0.4 is 5.32 Å². The molecule has 1 atom stereocenters. The fourth-order valence-corrected chi connectivity index (χ4v) is 3.96. The third kappa shape index (κ3) is 5.79. The van der Waals surface area contributed by atoms with Crippen molar-refractivity contribution in [3.63, 3.8) is 0 Å². The molecule has 30 heavy (non-hydrogen) atoms. The summed E-state index contributed by atoms with van der Waals surface area (Å²) in [6.45, 7) is 8.72. The zero-order valence-electron chi connectivity index (χ0n) is 17.4. The van der Waals surface area contributed by atoms with Gasteiger partial charge in [0.25, 0.3) is 0 Å². The molecule has 0 saturated carbocycles. The Morgan fingerprint density at radius 1 is 1.17 bits per heavy atom. The molecule has 0 fully saturated rings. The van der Waals surface area contributed by atoms with E-state index in [1.54, 1.807) is 18.5 Å². The van der Waals surface area contributed by atoms with Gasteiger partial charge >= 0.3 is 0 Å². The van der Waals surface area contributed by atoms with Gasteiger partial charge in [0.05, 0.1) is 11.8 Å². The largest absolute Gasteiger partial charge is 0.349 e. The lowest BCUT2D eigenvalue weighted by Crippen LogP contribution is -2.31. The third-order valence-electron chi connectivity index (χ3n) is 4.54. The van der Waals surface area contributed by atoms with Crippen molar-refractivity contribution < 1.29 is 4.79 Å². The summed E-state index contributed by atoms with van der Waals surface area (Å²) in [5.74, 6) is 1.46. The highest BCUT2D eigenvalue weighted by atomic mass is 32.2. The number of benzene rings is 1. The van der Waals surface area contributed by atoms with E-state index in [9.17, 15) is 4.79 Å². The lowest BCUT2D eigenvalue weighted by Gasteiger charge is -2.21. The average Bonchev–Trinajstić information content (AvgIpc) is 3.15. The minimum atomic E-state index is -0.0203. The monoisotopic (exact) mass is 421 g/mol. The van der Waals surface area contributed by atoms with Crippen molar-refractivity contribution in [1.82, 2.24) is 25.1 Å². The van der Waals surface area contributed by atoms with E-state index >= 15 is 0 Å². The van der Waals surface area contributed by atoms with E-state index < -0.39 is 0 Å². The van der Waals surface area contributed by atoms with Crippen molar-refractivity contribution in [3.8, 4) is 11.4 Å². The molecule has 0 bridgehead atoms. The van der Waals surface area contributed by atoms with Crippen molar-refractivity contribution in [2.45, 2.75) is 38.0 Å². The van der Waals surface area contributed by atoms with Gasteiger partial charge in [-0.1, -0.05) is 62.0 Å². The zero-order chi connectivity index (χ0) is 21.3. The lowest BCUT2D eigenvalue weighted by molar-refractivity contribution is -0.119. The van der Waals surface area contributed by atoms with Crippen molar-refractivity contribution in [1.29, 1.82) is 0 Å². The van der Waals surface area contributed by atoms with Crippen LogP contribution >= 0.6 is 11.8 Å². The Hall–Kier alpha value is -2.93. The summed E-state index contributed by atoms with van der Waals surface area (Å²) in [7, 11) is 0. The Morgan fingerprint density at radius 2 is 1.90 bits per heavy atom. The molecule has 0 unspecified atom stereocenters.